The Balaban J connectivity index is 1.83. The van der Waals surface area contributed by atoms with E-state index in [2.05, 4.69) is 5.32 Å². The number of urea groups is 1. The predicted molar refractivity (Wildman–Crippen MR) is 109 cm³/mol. The second-order valence-corrected chi connectivity index (χ2v) is 8.26. The standard InChI is InChI=1S/C23H25N3O3/c1-25-19-15-9-8-14-18(19)23(29)22(20(25)27,16-10-4-2-5-11-16)26(21(28)24-23)17-12-6-3-7-13-17/h2,4-5,8-11,14-15,17,29H,3,6-7,12-13H2,1H3,(H,24,28)/t22-,23-/m1/s1. The highest BCUT2D eigenvalue weighted by molar-refractivity contribution is 6.09. The second-order valence-electron chi connectivity index (χ2n) is 8.26. The van der Waals surface area contributed by atoms with Crippen LogP contribution >= 0.6 is 0 Å². The van der Waals surface area contributed by atoms with Crippen molar-refractivity contribution in [3.8, 4) is 0 Å². The summed E-state index contributed by atoms with van der Waals surface area (Å²) in [6.07, 6.45) is 4.81. The summed E-state index contributed by atoms with van der Waals surface area (Å²) in [7, 11) is 1.72. The third-order valence-electron chi connectivity index (χ3n) is 6.79. The number of hydrogen-bond donors (Lipinski definition) is 2. The van der Waals surface area contributed by atoms with Gasteiger partial charge in [-0.15, -0.1) is 0 Å². The smallest absolute Gasteiger partial charge is 0.321 e. The van der Waals surface area contributed by atoms with Gasteiger partial charge < -0.3 is 15.3 Å². The van der Waals surface area contributed by atoms with Crippen LogP contribution in [0, 0.1) is 0 Å². The van der Waals surface area contributed by atoms with Crippen molar-refractivity contribution in [1.29, 1.82) is 0 Å². The molecule has 1 saturated heterocycles. The van der Waals surface area contributed by atoms with Gasteiger partial charge in [0.1, 0.15) is 0 Å². The minimum absolute atomic E-state index is 0.0967. The number of nitrogens with one attached hydrogen (secondary N) is 1. The van der Waals surface area contributed by atoms with Gasteiger partial charge in [-0.3, -0.25) is 9.69 Å². The summed E-state index contributed by atoms with van der Waals surface area (Å²) >= 11 is 0. The average molecular weight is 391 g/mol. The number of nitrogens with zero attached hydrogens (tertiary/aromatic N) is 2. The molecule has 2 heterocycles. The van der Waals surface area contributed by atoms with E-state index < -0.39 is 11.3 Å². The van der Waals surface area contributed by atoms with Crippen molar-refractivity contribution in [2.75, 3.05) is 11.9 Å². The number of carbonyl (C=O) groups excluding carboxylic acids is 2. The molecule has 3 amide bonds. The van der Waals surface area contributed by atoms with Gasteiger partial charge in [-0.25, -0.2) is 4.79 Å². The highest BCUT2D eigenvalue weighted by Crippen LogP contribution is 2.55. The highest BCUT2D eigenvalue weighted by Gasteiger charge is 2.73. The largest absolute Gasteiger partial charge is 0.364 e. The first-order chi connectivity index (χ1) is 14.0. The minimum atomic E-state index is -1.84. The Morgan fingerprint density at radius 3 is 2.34 bits per heavy atom. The summed E-state index contributed by atoms with van der Waals surface area (Å²) in [6, 6.07) is 16.0. The van der Waals surface area contributed by atoms with Crippen LogP contribution in [0.4, 0.5) is 10.5 Å². The SMILES string of the molecule is CN1C(=O)[C@@]2(c3ccccc3)N(C3CCCCC3)C(=O)N[C@@]2(O)c2ccccc21. The van der Waals surface area contributed by atoms with Gasteiger partial charge in [-0.1, -0.05) is 67.8 Å². The summed E-state index contributed by atoms with van der Waals surface area (Å²) in [6.45, 7) is 0. The van der Waals surface area contributed by atoms with Crippen LogP contribution in [0.25, 0.3) is 0 Å². The van der Waals surface area contributed by atoms with E-state index in [0.717, 1.165) is 32.1 Å². The van der Waals surface area contributed by atoms with E-state index in [-0.39, 0.29) is 18.0 Å². The lowest BCUT2D eigenvalue weighted by Crippen LogP contribution is -2.68. The number of likely N-dealkylation sites (N-methyl/N-ethyl adjacent to an activating group) is 1. The fourth-order valence-electron chi connectivity index (χ4n) is 5.51. The van der Waals surface area contributed by atoms with Crippen LogP contribution in [0.1, 0.15) is 43.2 Å². The molecule has 29 heavy (non-hydrogen) atoms. The van der Waals surface area contributed by atoms with E-state index in [1.54, 1.807) is 29.0 Å². The summed E-state index contributed by atoms with van der Waals surface area (Å²) < 4.78 is 0. The Labute approximate surface area is 170 Å². The van der Waals surface area contributed by atoms with Crippen LogP contribution in [-0.2, 0) is 16.1 Å². The van der Waals surface area contributed by atoms with E-state index >= 15 is 0 Å². The second kappa shape index (κ2) is 6.32. The average Bonchev–Trinajstić information content (AvgIpc) is 3.02. The van der Waals surface area contributed by atoms with Crippen molar-refractivity contribution in [2.24, 2.45) is 0 Å². The molecule has 0 aromatic heterocycles. The Morgan fingerprint density at radius 2 is 1.62 bits per heavy atom. The van der Waals surface area contributed by atoms with Crippen molar-refractivity contribution in [3.63, 3.8) is 0 Å². The molecule has 150 valence electrons. The molecule has 2 aliphatic heterocycles. The van der Waals surface area contributed by atoms with Gasteiger partial charge in [0.15, 0.2) is 0 Å². The molecule has 0 radical (unpaired) electrons. The number of hydrogen-bond acceptors (Lipinski definition) is 3. The van der Waals surface area contributed by atoms with Crippen LogP contribution in [-0.4, -0.2) is 35.0 Å². The number of para-hydroxylation sites is 1. The zero-order valence-corrected chi connectivity index (χ0v) is 16.5. The monoisotopic (exact) mass is 391 g/mol. The number of fused-ring (bicyclic) bond motifs is 3. The first-order valence-electron chi connectivity index (χ1n) is 10.3. The zero-order chi connectivity index (χ0) is 20.2. The molecule has 2 aromatic carbocycles. The molecule has 2 atom stereocenters. The van der Waals surface area contributed by atoms with Crippen LogP contribution < -0.4 is 10.2 Å². The van der Waals surface area contributed by atoms with Crippen LogP contribution in [0.2, 0.25) is 0 Å². The van der Waals surface area contributed by atoms with Crippen LogP contribution in [0.3, 0.4) is 0 Å². The normalized spacial score (nSPS) is 29.4. The number of anilines is 1. The number of amides is 3. The van der Waals surface area contributed by atoms with Crippen LogP contribution in [0.5, 0.6) is 0 Å². The van der Waals surface area contributed by atoms with Crippen molar-refractivity contribution >= 4 is 17.6 Å². The van der Waals surface area contributed by atoms with E-state index in [4.69, 9.17) is 0 Å². The lowest BCUT2D eigenvalue weighted by Gasteiger charge is -2.52. The number of carbonyl (C=O) groups is 2. The van der Waals surface area contributed by atoms with Crippen molar-refractivity contribution < 1.29 is 14.7 Å². The van der Waals surface area contributed by atoms with Crippen molar-refractivity contribution in [2.45, 2.75) is 49.4 Å². The zero-order valence-electron chi connectivity index (χ0n) is 16.5. The highest BCUT2D eigenvalue weighted by atomic mass is 16.3. The number of aliphatic hydroxyl groups is 1. The van der Waals surface area contributed by atoms with E-state index in [1.165, 1.54) is 0 Å². The fraction of sp³-hybridized carbons (Fsp3) is 0.391. The van der Waals surface area contributed by atoms with E-state index in [9.17, 15) is 14.7 Å². The topological polar surface area (TPSA) is 72.9 Å². The molecule has 0 spiro atoms. The van der Waals surface area contributed by atoms with Gasteiger partial charge >= 0.3 is 6.03 Å². The molecule has 5 rings (SSSR count). The maximum Gasteiger partial charge on any atom is 0.321 e. The van der Waals surface area contributed by atoms with Crippen molar-refractivity contribution in [1.82, 2.24) is 10.2 Å². The molecule has 2 aromatic rings. The predicted octanol–water partition coefficient (Wildman–Crippen LogP) is 3.06. The molecule has 2 fully saturated rings. The van der Waals surface area contributed by atoms with Gasteiger partial charge in [0.05, 0.1) is 5.69 Å². The Bertz CT molecular complexity index is 972. The molecular weight excluding hydrogens is 366 g/mol. The molecule has 2 N–H and O–H groups in total. The number of rotatable bonds is 2. The summed E-state index contributed by atoms with van der Waals surface area (Å²) in [5.74, 6) is -0.297. The minimum Gasteiger partial charge on any atom is -0.364 e. The van der Waals surface area contributed by atoms with Gasteiger partial charge in [-0.05, 0) is 24.5 Å². The molecule has 0 unspecified atom stereocenters. The summed E-state index contributed by atoms with van der Waals surface area (Å²) in [5.41, 5.74) is -1.62. The van der Waals surface area contributed by atoms with Crippen molar-refractivity contribution in [3.05, 3.63) is 65.7 Å². The van der Waals surface area contributed by atoms with Gasteiger partial charge in [-0.2, -0.15) is 0 Å². The molecule has 6 nitrogen and oxygen atoms in total. The maximum absolute atomic E-state index is 14.0. The Hall–Kier alpha value is -2.86. The molecule has 3 aliphatic rings. The van der Waals surface area contributed by atoms with E-state index in [1.807, 2.05) is 42.5 Å². The van der Waals surface area contributed by atoms with Gasteiger partial charge in [0.2, 0.25) is 11.3 Å². The molecule has 6 heteroatoms. The van der Waals surface area contributed by atoms with Gasteiger partial charge in [0.25, 0.3) is 5.91 Å². The quantitative estimate of drug-likeness (QED) is 0.826. The maximum atomic E-state index is 14.0. The molecule has 0 bridgehead atoms. The Kier molecular flexibility index (Phi) is 3.96. The van der Waals surface area contributed by atoms with E-state index in [0.29, 0.717) is 16.8 Å². The molecule has 1 saturated carbocycles. The summed E-state index contributed by atoms with van der Waals surface area (Å²) in [4.78, 5) is 30.6. The van der Waals surface area contributed by atoms with Crippen LogP contribution in [0.15, 0.2) is 54.6 Å². The fourth-order valence-corrected chi connectivity index (χ4v) is 5.51. The number of benzene rings is 2. The lowest BCUT2D eigenvalue weighted by atomic mass is 9.71. The lowest BCUT2D eigenvalue weighted by molar-refractivity contribution is -0.154. The molecule has 1 aliphatic carbocycles. The Morgan fingerprint density at radius 1 is 0.966 bits per heavy atom. The third-order valence-corrected chi connectivity index (χ3v) is 6.79. The summed E-state index contributed by atoms with van der Waals surface area (Å²) in [5, 5.41) is 14.9. The first-order valence-corrected chi connectivity index (χ1v) is 10.3. The third kappa shape index (κ3) is 2.20. The molecular formula is C23H25N3O3. The van der Waals surface area contributed by atoms with Gasteiger partial charge in [0, 0.05) is 18.7 Å². The first kappa shape index (κ1) is 18.2.